The predicted octanol–water partition coefficient (Wildman–Crippen LogP) is -3.63. The fraction of sp³-hybridized carbons (Fsp3) is 0.722. The maximum absolute atomic E-state index is 12.9. The van der Waals surface area contributed by atoms with Gasteiger partial charge in [0.05, 0.1) is 25.0 Å². The van der Waals surface area contributed by atoms with E-state index in [0.29, 0.717) is 0 Å². The number of rotatable bonds is 7. The number of nitrogens with zero attached hydrogens (tertiary/aromatic N) is 4. The molecule has 2 aliphatic rings. The standard InChI is InChI=1S/C18H27N5O9/c1-8(25)19-18(7-22(15(18)29)17(2,3)16(30)31)4-9-5-23(21-20-9)14-13(28)12(27)11(26)10(6-24)32-14/h5,10-14,24,26-28H,4,6-7H2,1-3H3,(H,19,25)(H,30,31)/t10-,11+,12+,13-,14-,18-/m1/s1. The van der Waals surface area contributed by atoms with Gasteiger partial charge < -0.3 is 40.5 Å². The molecule has 1 aromatic heterocycles. The van der Waals surface area contributed by atoms with Crippen LogP contribution in [-0.2, 0) is 25.5 Å². The summed E-state index contributed by atoms with van der Waals surface area (Å²) < 4.78 is 6.49. The molecule has 3 heterocycles. The Kier molecular flexibility index (Phi) is 6.27. The average Bonchev–Trinajstić information content (AvgIpc) is 3.17. The number of carboxylic acid groups (broad SMARTS) is 1. The molecule has 6 N–H and O–H groups in total. The molecule has 0 saturated carbocycles. The van der Waals surface area contributed by atoms with Gasteiger partial charge in [-0.1, -0.05) is 5.21 Å². The molecular formula is C18H27N5O9. The van der Waals surface area contributed by atoms with Crippen LogP contribution in [0.2, 0.25) is 0 Å². The van der Waals surface area contributed by atoms with E-state index in [4.69, 9.17) is 4.74 Å². The second-order valence-corrected chi connectivity index (χ2v) is 8.60. The largest absolute Gasteiger partial charge is 0.480 e. The minimum atomic E-state index is -1.61. The van der Waals surface area contributed by atoms with Crippen molar-refractivity contribution in [1.82, 2.24) is 25.2 Å². The van der Waals surface area contributed by atoms with Gasteiger partial charge in [-0.2, -0.15) is 0 Å². The van der Waals surface area contributed by atoms with Crippen molar-refractivity contribution >= 4 is 17.8 Å². The van der Waals surface area contributed by atoms with Crippen LogP contribution in [0.1, 0.15) is 32.7 Å². The molecule has 178 valence electrons. The quantitative estimate of drug-likeness (QED) is 0.220. The number of aliphatic carboxylic acids is 1. The van der Waals surface area contributed by atoms with Gasteiger partial charge >= 0.3 is 5.97 Å². The molecule has 2 amide bonds. The Hall–Kier alpha value is -2.65. The molecule has 2 aliphatic heterocycles. The second-order valence-electron chi connectivity index (χ2n) is 8.60. The number of hydrogen-bond acceptors (Lipinski definition) is 10. The molecule has 14 nitrogen and oxygen atoms in total. The summed E-state index contributed by atoms with van der Waals surface area (Å²) in [4.78, 5) is 37.3. The van der Waals surface area contributed by atoms with Gasteiger partial charge in [0.1, 0.15) is 35.5 Å². The average molecular weight is 457 g/mol. The number of aromatic nitrogens is 3. The van der Waals surface area contributed by atoms with E-state index < -0.39 is 66.1 Å². The van der Waals surface area contributed by atoms with Crippen molar-refractivity contribution in [2.45, 2.75) is 68.9 Å². The highest BCUT2D eigenvalue weighted by molar-refractivity contribution is 6.00. The Labute approximate surface area is 182 Å². The predicted molar refractivity (Wildman–Crippen MR) is 103 cm³/mol. The zero-order valence-corrected chi connectivity index (χ0v) is 17.7. The van der Waals surface area contributed by atoms with E-state index in [1.807, 2.05) is 0 Å². The second kappa shape index (κ2) is 8.37. The summed E-state index contributed by atoms with van der Waals surface area (Å²) in [7, 11) is 0. The number of amides is 2. The summed E-state index contributed by atoms with van der Waals surface area (Å²) in [6.07, 6.45) is -5.93. The fourth-order valence-electron chi connectivity index (χ4n) is 3.88. The molecule has 2 saturated heterocycles. The van der Waals surface area contributed by atoms with E-state index in [1.54, 1.807) is 0 Å². The van der Waals surface area contributed by atoms with E-state index in [-0.39, 0.29) is 18.7 Å². The van der Waals surface area contributed by atoms with E-state index in [2.05, 4.69) is 15.6 Å². The third kappa shape index (κ3) is 3.95. The third-order valence-electron chi connectivity index (χ3n) is 5.86. The smallest absolute Gasteiger partial charge is 0.329 e. The molecule has 0 bridgehead atoms. The van der Waals surface area contributed by atoms with Crippen molar-refractivity contribution < 1.29 is 44.7 Å². The van der Waals surface area contributed by atoms with Gasteiger partial charge in [0.15, 0.2) is 6.23 Å². The van der Waals surface area contributed by atoms with Crippen LogP contribution in [0.15, 0.2) is 6.20 Å². The minimum Gasteiger partial charge on any atom is -0.480 e. The van der Waals surface area contributed by atoms with Crippen molar-refractivity contribution in [3.05, 3.63) is 11.9 Å². The first kappa shape index (κ1) is 24.0. The summed E-state index contributed by atoms with van der Waals surface area (Å²) in [5.74, 6) is -2.29. The van der Waals surface area contributed by atoms with Crippen molar-refractivity contribution in [3.8, 4) is 0 Å². The van der Waals surface area contributed by atoms with Crippen LogP contribution in [0.3, 0.4) is 0 Å². The summed E-state index contributed by atoms with van der Waals surface area (Å²) >= 11 is 0. The molecular weight excluding hydrogens is 430 g/mol. The fourth-order valence-corrected chi connectivity index (χ4v) is 3.88. The van der Waals surface area contributed by atoms with Gasteiger partial charge in [-0.3, -0.25) is 9.59 Å². The molecule has 6 atom stereocenters. The Morgan fingerprint density at radius 3 is 2.47 bits per heavy atom. The van der Waals surface area contributed by atoms with Gasteiger partial charge in [-0.25, -0.2) is 9.48 Å². The van der Waals surface area contributed by atoms with Crippen molar-refractivity contribution in [1.29, 1.82) is 0 Å². The van der Waals surface area contributed by atoms with E-state index in [1.165, 1.54) is 27.0 Å². The molecule has 1 aromatic rings. The van der Waals surface area contributed by atoms with Gasteiger partial charge in [-0.15, -0.1) is 5.10 Å². The number of carbonyl (C=O) groups excluding carboxylic acids is 2. The lowest BCUT2D eigenvalue weighted by molar-refractivity contribution is -0.254. The third-order valence-corrected chi connectivity index (χ3v) is 5.86. The number of ether oxygens (including phenoxy) is 1. The molecule has 0 spiro atoms. The van der Waals surface area contributed by atoms with Gasteiger partial charge in [-0.05, 0) is 13.8 Å². The first-order chi connectivity index (χ1) is 14.8. The number of likely N-dealkylation sites (tertiary alicyclic amines) is 1. The lowest BCUT2D eigenvalue weighted by atomic mass is 9.80. The first-order valence-electron chi connectivity index (χ1n) is 9.89. The Balaban J connectivity index is 1.81. The van der Waals surface area contributed by atoms with Crippen LogP contribution in [0.4, 0.5) is 0 Å². The summed E-state index contributed by atoms with van der Waals surface area (Å²) in [6.45, 7) is 3.29. The lowest BCUT2D eigenvalue weighted by Crippen LogP contribution is -2.79. The SMILES string of the molecule is CC(=O)N[C@]1(Cc2cn([C@@H]3O[C@H](CO)[C@H](O)[C@H](O)[C@H]3O)nn2)CN(C(C)(C)C(=O)O)C1=O. The van der Waals surface area contributed by atoms with Gasteiger partial charge in [0, 0.05) is 13.3 Å². The number of carbonyl (C=O) groups is 3. The highest BCUT2D eigenvalue weighted by Gasteiger charge is 2.59. The zero-order valence-electron chi connectivity index (χ0n) is 17.7. The van der Waals surface area contributed by atoms with E-state index >= 15 is 0 Å². The van der Waals surface area contributed by atoms with Crippen LogP contribution in [0, 0.1) is 0 Å². The van der Waals surface area contributed by atoms with Gasteiger partial charge in [0.25, 0.3) is 5.91 Å². The van der Waals surface area contributed by atoms with Crippen LogP contribution in [0.5, 0.6) is 0 Å². The maximum atomic E-state index is 12.9. The van der Waals surface area contributed by atoms with Crippen LogP contribution in [0.25, 0.3) is 0 Å². The van der Waals surface area contributed by atoms with Crippen LogP contribution in [-0.4, -0.2) is 112 Å². The van der Waals surface area contributed by atoms with Gasteiger partial charge in [0.2, 0.25) is 5.91 Å². The highest BCUT2D eigenvalue weighted by atomic mass is 16.6. The summed E-state index contributed by atoms with van der Waals surface area (Å²) in [5, 5.41) is 59.1. The molecule has 32 heavy (non-hydrogen) atoms. The Morgan fingerprint density at radius 2 is 1.94 bits per heavy atom. The molecule has 0 radical (unpaired) electrons. The number of nitrogens with one attached hydrogen (secondary N) is 1. The molecule has 3 rings (SSSR count). The summed E-state index contributed by atoms with van der Waals surface area (Å²) in [5.41, 5.74) is -2.68. The van der Waals surface area contributed by atoms with Crippen molar-refractivity contribution in [3.63, 3.8) is 0 Å². The maximum Gasteiger partial charge on any atom is 0.329 e. The number of β-lactam (4-membered cyclic amide) rings is 1. The van der Waals surface area contributed by atoms with Crippen molar-refractivity contribution in [2.75, 3.05) is 13.2 Å². The normalized spacial score (nSPS) is 33.0. The summed E-state index contributed by atoms with van der Waals surface area (Å²) in [6, 6.07) is 0. The Bertz CT molecular complexity index is 903. The minimum absolute atomic E-state index is 0.0718. The number of carboxylic acids is 1. The van der Waals surface area contributed by atoms with Crippen LogP contribution < -0.4 is 5.32 Å². The number of hydrogen-bond donors (Lipinski definition) is 6. The molecule has 14 heteroatoms. The Morgan fingerprint density at radius 1 is 1.28 bits per heavy atom. The molecule has 0 unspecified atom stereocenters. The number of aliphatic hydroxyl groups is 4. The number of aliphatic hydroxyl groups excluding tert-OH is 4. The van der Waals surface area contributed by atoms with Crippen molar-refractivity contribution in [2.24, 2.45) is 0 Å². The van der Waals surface area contributed by atoms with E-state index in [0.717, 1.165) is 9.58 Å². The van der Waals surface area contributed by atoms with E-state index in [9.17, 15) is 39.9 Å². The molecule has 0 aliphatic carbocycles. The lowest BCUT2D eigenvalue weighted by Gasteiger charge is -2.53. The molecule has 2 fully saturated rings. The monoisotopic (exact) mass is 457 g/mol. The first-order valence-corrected chi connectivity index (χ1v) is 9.89. The topological polar surface area (TPSA) is 208 Å². The highest BCUT2D eigenvalue weighted by Crippen LogP contribution is 2.34. The van der Waals surface area contributed by atoms with Crippen LogP contribution >= 0.6 is 0 Å². The zero-order chi connectivity index (χ0) is 24.0. The molecule has 0 aromatic carbocycles.